The highest BCUT2D eigenvalue weighted by molar-refractivity contribution is 6.10. The third-order valence-corrected chi connectivity index (χ3v) is 3.30. The van der Waals surface area contributed by atoms with Gasteiger partial charge < -0.3 is 16.2 Å². The molecular formula is C17H16N4O4. The summed E-state index contributed by atoms with van der Waals surface area (Å²) in [6.45, 7) is 1.69. The number of hydrogen-bond donors (Lipinski definition) is 4. The fourth-order valence-corrected chi connectivity index (χ4v) is 2.06. The normalized spacial score (nSPS) is 10.8. The van der Waals surface area contributed by atoms with Crippen LogP contribution in [0.2, 0.25) is 0 Å². The van der Waals surface area contributed by atoms with Crippen molar-refractivity contribution in [1.29, 1.82) is 0 Å². The lowest BCUT2D eigenvalue weighted by Gasteiger charge is -2.08. The van der Waals surface area contributed by atoms with Gasteiger partial charge in [0, 0.05) is 5.69 Å². The van der Waals surface area contributed by atoms with Gasteiger partial charge in [0.25, 0.3) is 5.91 Å². The monoisotopic (exact) mass is 340 g/mol. The number of carboxylic acids is 1. The van der Waals surface area contributed by atoms with E-state index < -0.39 is 17.9 Å². The fraction of sp³-hybridized carbons (Fsp3) is 0.0588. The summed E-state index contributed by atoms with van der Waals surface area (Å²) < 4.78 is 0. The van der Waals surface area contributed by atoms with Gasteiger partial charge in [0.15, 0.2) is 0 Å². The highest BCUT2D eigenvalue weighted by Gasteiger charge is 2.15. The van der Waals surface area contributed by atoms with Crippen LogP contribution in [0.5, 0.6) is 0 Å². The summed E-state index contributed by atoms with van der Waals surface area (Å²) in [6, 6.07) is 11.9. The van der Waals surface area contributed by atoms with E-state index in [1.165, 1.54) is 12.1 Å². The Morgan fingerprint density at radius 1 is 1.00 bits per heavy atom. The quantitative estimate of drug-likeness (QED) is 0.489. The van der Waals surface area contributed by atoms with Crippen molar-refractivity contribution in [2.75, 3.05) is 5.32 Å². The molecule has 0 aliphatic heterocycles. The van der Waals surface area contributed by atoms with E-state index in [0.29, 0.717) is 11.4 Å². The second-order valence-corrected chi connectivity index (χ2v) is 5.06. The summed E-state index contributed by atoms with van der Waals surface area (Å²) in [7, 11) is 0. The Morgan fingerprint density at radius 2 is 1.60 bits per heavy atom. The van der Waals surface area contributed by atoms with Crippen LogP contribution in [0.25, 0.3) is 0 Å². The Hall–Kier alpha value is -3.68. The van der Waals surface area contributed by atoms with Crippen LogP contribution >= 0.6 is 0 Å². The van der Waals surface area contributed by atoms with E-state index in [4.69, 9.17) is 10.8 Å². The number of aromatic carboxylic acids is 1. The summed E-state index contributed by atoms with van der Waals surface area (Å²) >= 11 is 0. The minimum atomic E-state index is -1.17. The standard InChI is InChI=1S/C17H16N4O4/c1-10(20-21-17(18)25)11-6-8-12(9-7-11)19-15(22)13-4-2-3-5-14(13)16(23)24/h2-9H,1H3,(H,19,22)(H,23,24)(H3,18,21,25)/b20-10+. The summed E-state index contributed by atoms with van der Waals surface area (Å²) in [5, 5.41) is 15.6. The van der Waals surface area contributed by atoms with E-state index in [-0.39, 0.29) is 11.1 Å². The first kappa shape index (κ1) is 17.7. The zero-order valence-electron chi connectivity index (χ0n) is 13.3. The van der Waals surface area contributed by atoms with Crippen LogP contribution in [0.3, 0.4) is 0 Å². The van der Waals surface area contributed by atoms with Crippen molar-refractivity contribution < 1.29 is 19.5 Å². The molecule has 0 spiro atoms. The molecule has 0 unspecified atom stereocenters. The first-order valence-electron chi connectivity index (χ1n) is 7.22. The maximum Gasteiger partial charge on any atom is 0.336 e. The molecule has 3 amide bonds. The van der Waals surface area contributed by atoms with E-state index in [1.807, 2.05) is 0 Å². The van der Waals surface area contributed by atoms with Crippen LogP contribution in [0.15, 0.2) is 53.6 Å². The van der Waals surface area contributed by atoms with Gasteiger partial charge in [0.1, 0.15) is 0 Å². The number of hydrogen-bond acceptors (Lipinski definition) is 4. The third-order valence-electron chi connectivity index (χ3n) is 3.30. The lowest BCUT2D eigenvalue weighted by Crippen LogP contribution is -2.25. The van der Waals surface area contributed by atoms with Crippen LogP contribution < -0.4 is 16.5 Å². The molecule has 0 radical (unpaired) electrons. The van der Waals surface area contributed by atoms with Crippen molar-refractivity contribution in [3.05, 3.63) is 65.2 Å². The molecule has 0 aliphatic rings. The van der Waals surface area contributed by atoms with E-state index >= 15 is 0 Å². The Morgan fingerprint density at radius 3 is 2.16 bits per heavy atom. The highest BCUT2D eigenvalue weighted by atomic mass is 16.4. The molecule has 8 heteroatoms. The van der Waals surface area contributed by atoms with Gasteiger partial charge >= 0.3 is 12.0 Å². The van der Waals surface area contributed by atoms with Crippen LogP contribution in [0, 0.1) is 0 Å². The molecule has 0 saturated carbocycles. The van der Waals surface area contributed by atoms with Crippen LogP contribution in [0.4, 0.5) is 10.5 Å². The lowest BCUT2D eigenvalue weighted by molar-refractivity contribution is 0.0692. The molecule has 0 bridgehead atoms. The Labute approximate surface area is 143 Å². The van der Waals surface area contributed by atoms with E-state index in [0.717, 1.165) is 5.56 Å². The van der Waals surface area contributed by atoms with Gasteiger partial charge in [-0.1, -0.05) is 24.3 Å². The van der Waals surface area contributed by atoms with Crippen molar-refractivity contribution in [2.24, 2.45) is 10.8 Å². The van der Waals surface area contributed by atoms with Gasteiger partial charge in [-0.15, -0.1) is 0 Å². The van der Waals surface area contributed by atoms with Crippen molar-refractivity contribution in [1.82, 2.24) is 5.43 Å². The number of primary amides is 1. The predicted octanol–water partition coefficient (Wildman–Crippen LogP) is 2.03. The second kappa shape index (κ2) is 7.73. The van der Waals surface area contributed by atoms with E-state index in [9.17, 15) is 14.4 Å². The number of nitrogens with one attached hydrogen (secondary N) is 2. The number of hydrazone groups is 1. The molecule has 2 aromatic carbocycles. The molecule has 0 heterocycles. The Balaban J connectivity index is 2.14. The first-order valence-corrected chi connectivity index (χ1v) is 7.22. The number of carbonyl (C=O) groups is 3. The van der Waals surface area contributed by atoms with Gasteiger partial charge in [-0.2, -0.15) is 5.10 Å². The number of anilines is 1. The average molecular weight is 340 g/mol. The predicted molar refractivity (Wildman–Crippen MR) is 92.7 cm³/mol. The Bertz CT molecular complexity index is 844. The largest absolute Gasteiger partial charge is 0.478 e. The molecule has 0 atom stereocenters. The van der Waals surface area contributed by atoms with Crippen molar-refractivity contribution in [3.8, 4) is 0 Å². The van der Waals surface area contributed by atoms with Gasteiger partial charge in [0.2, 0.25) is 0 Å². The van der Waals surface area contributed by atoms with E-state index in [1.54, 1.807) is 43.3 Å². The van der Waals surface area contributed by atoms with Gasteiger partial charge in [-0.3, -0.25) is 4.79 Å². The summed E-state index contributed by atoms with van der Waals surface area (Å²) in [5.74, 6) is -1.69. The minimum absolute atomic E-state index is 0.0717. The first-order chi connectivity index (χ1) is 11.9. The van der Waals surface area contributed by atoms with Crippen molar-refractivity contribution in [2.45, 2.75) is 6.92 Å². The zero-order chi connectivity index (χ0) is 18.4. The van der Waals surface area contributed by atoms with Crippen LogP contribution in [-0.4, -0.2) is 28.7 Å². The SMILES string of the molecule is C/C(=N\NC(N)=O)c1ccc(NC(=O)c2ccccc2C(=O)O)cc1. The average Bonchev–Trinajstić information content (AvgIpc) is 2.60. The van der Waals surface area contributed by atoms with Gasteiger partial charge in [-0.05, 0) is 36.8 Å². The number of nitrogens with zero attached hydrogens (tertiary/aromatic N) is 1. The molecular weight excluding hydrogens is 324 g/mol. The highest BCUT2D eigenvalue weighted by Crippen LogP contribution is 2.14. The Kier molecular flexibility index (Phi) is 5.47. The molecule has 0 aromatic heterocycles. The number of benzene rings is 2. The second-order valence-electron chi connectivity index (χ2n) is 5.06. The van der Waals surface area contributed by atoms with E-state index in [2.05, 4.69) is 15.8 Å². The zero-order valence-corrected chi connectivity index (χ0v) is 13.3. The topological polar surface area (TPSA) is 134 Å². The van der Waals surface area contributed by atoms with Crippen molar-refractivity contribution in [3.63, 3.8) is 0 Å². The number of nitrogens with two attached hydrogens (primary N) is 1. The number of amides is 3. The molecule has 0 aliphatic carbocycles. The molecule has 25 heavy (non-hydrogen) atoms. The number of urea groups is 1. The maximum absolute atomic E-state index is 12.3. The molecule has 2 rings (SSSR count). The molecule has 0 fully saturated rings. The van der Waals surface area contributed by atoms with Gasteiger partial charge in [0.05, 0.1) is 16.8 Å². The number of carboxylic acid groups (broad SMARTS) is 1. The molecule has 8 nitrogen and oxygen atoms in total. The summed E-state index contributed by atoms with van der Waals surface area (Å²) in [6.07, 6.45) is 0. The smallest absolute Gasteiger partial charge is 0.336 e. The van der Waals surface area contributed by atoms with Crippen LogP contribution in [0.1, 0.15) is 33.2 Å². The summed E-state index contributed by atoms with van der Waals surface area (Å²) in [4.78, 5) is 34.1. The number of rotatable bonds is 5. The minimum Gasteiger partial charge on any atom is -0.478 e. The van der Waals surface area contributed by atoms with Crippen LogP contribution in [-0.2, 0) is 0 Å². The third kappa shape index (κ3) is 4.64. The molecule has 2 aromatic rings. The number of carbonyl (C=O) groups excluding carboxylic acids is 2. The van der Waals surface area contributed by atoms with Crippen molar-refractivity contribution >= 4 is 29.3 Å². The van der Waals surface area contributed by atoms with Gasteiger partial charge in [-0.25, -0.2) is 15.0 Å². The fourth-order valence-electron chi connectivity index (χ4n) is 2.06. The molecule has 5 N–H and O–H groups in total. The molecule has 128 valence electrons. The summed E-state index contributed by atoms with van der Waals surface area (Å²) in [5.41, 5.74) is 8.82. The molecule has 0 saturated heterocycles. The lowest BCUT2D eigenvalue weighted by atomic mass is 10.1. The maximum atomic E-state index is 12.3.